The number of Topliss-reactive ketones (excluding diaryl/α,β-unsaturated/α-hetero) is 1. The van der Waals surface area contributed by atoms with Crippen LogP contribution in [0.3, 0.4) is 0 Å². The summed E-state index contributed by atoms with van der Waals surface area (Å²) in [5, 5.41) is 21.2. The third kappa shape index (κ3) is 7.68. The summed E-state index contributed by atoms with van der Waals surface area (Å²) in [6.07, 6.45) is -5.86. The van der Waals surface area contributed by atoms with E-state index in [4.69, 9.17) is 14.6 Å². The van der Waals surface area contributed by atoms with Crippen LogP contribution in [0.15, 0.2) is 30.3 Å². The lowest BCUT2D eigenvalue weighted by Gasteiger charge is -2.16. The monoisotopic (exact) mass is 483 g/mol. The van der Waals surface area contributed by atoms with Crippen LogP contribution in [0.1, 0.15) is 41.3 Å². The number of phenolic OH excluding ortho intramolecular Hbond substituents is 1. The third-order valence-electron chi connectivity index (χ3n) is 4.72. The van der Waals surface area contributed by atoms with Crippen molar-refractivity contribution in [3.05, 3.63) is 47.0 Å². The number of anilines is 1. The van der Waals surface area contributed by atoms with Crippen LogP contribution < -0.4 is 14.8 Å². The Labute approximate surface area is 193 Å². The third-order valence-corrected chi connectivity index (χ3v) is 4.72. The zero-order valence-corrected chi connectivity index (χ0v) is 18.5. The molecule has 0 atom stereocenters. The number of phenols is 1. The van der Waals surface area contributed by atoms with Crippen LogP contribution in [0.25, 0.3) is 0 Å². The number of carboxylic acids is 1. The quantitative estimate of drug-likeness (QED) is 0.262. The number of benzene rings is 2. The number of amides is 1. The number of halogens is 3. The van der Waals surface area contributed by atoms with Gasteiger partial charge < -0.3 is 25.0 Å². The highest BCUT2D eigenvalue weighted by molar-refractivity contribution is 6.36. The number of alkyl halides is 3. The largest absolute Gasteiger partial charge is 0.507 e. The van der Waals surface area contributed by atoms with E-state index < -0.39 is 42.4 Å². The molecule has 0 saturated carbocycles. The first-order valence-corrected chi connectivity index (χ1v) is 10.2. The number of aryl methyl sites for hydroxylation is 1. The normalized spacial score (nSPS) is 11.1. The summed E-state index contributed by atoms with van der Waals surface area (Å²) in [5.41, 5.74) is 0.787. The molecule has 0 radical (unpaired) electrons. The van der Waals surface area contributed by atoms with Gasteiger partial charge in [0.25, 0.3) is 0 Å². The van der Waals surface area contributed by atoms with Gasteiger partial charge >= 0.3 is 18.1 Å². The summed E-state index contributed by atoms with van der Waals surface area (Å²) in [6, 6.07) is 7.26. The molecule has 184 valence electrons. The van der Waals surface area contributed by atoms with Gasteiger partial charge in [-0.3, -0.25) is 9.59 Å². The highest BCUT2D eigenvalue weighted by Gasteiger charge is 2.28. The Bertz CT molecular complexity index is 1070. The van der Waals surface area contributed by atoms with Crippen LogP contribution in [0.5, 0.6) is 17.2 Å². The number of carbonyl (C=O) groups excluding carboxylic acids is 2. The Morgan fingerprint density at radius 2 is 1.68 bits per heavy atom. The van der Waals surface area contributed by atoms with E-state index in [2.05, 4.69) is 5.32 Å². The number of aromatic hydroxyl groups is 1. The number of ketones is 1. The van der Waals surface area contributed by atoms with Crippen LogP contribution in [0.2, 0.25) is 0 Å². The molecular formula is C23H24F3NO7. The number of aliphatic carboxylic acids is 1. The number of ether oxygens (including phenoxy) is 2. The maximum atomic E-state index is 12.7. The minimum atomic E-state index is -4.44. The molecule has 0 heterocycles. The highest BCUT2D eigenvalue weighted by atomic mass is 19.4. The SMILES string of the molecule is CC(=O)c1ccc(OCCCOc2cc(NC(=O)C(=O)O)ccc2C)c(CCC(F)(F)F)c1O. The maximum Gasteiger partial charge on any atom is 0.394 e. The van der Waals surface area contributed by atoms with E-state index in [1.807, 2.05) is 0 Å². The number of carbonyl (C=O) groups is 3. The molecule has 1 amide bonds. The summed E-state index contributed by atoms with van der Waals surface area (Å²) in [4.78, 5) is 33.6. The molecular weight excluding hydrogens is 459 g/mol. The lowest BCUT2D eigenvalue weighted by molar-refractivity contribution is -0.147. The van der Waals surface area contributed by atoms with Gasteiger partial charge in [-0.25, -0.2) is 4.79 Å². The topological polar surface area (TPSA) is 122 Å². The summed E-state index contributed by atoms with van der Waals surface area (Å²) < 4.78 is 49.2. The van der Waals surface area contributed by atoms with Gasteiger partial charge in [-0.2, -0.15) is 13.2 Å². The molecule has 0 aliphatic rings. The Morgan fingerprint density at radius 3 is 2.26 bits per heavy atom. The standard InChI is InChI=1S/C23H24F3NO7/c1-13-4-5-15(27-21(30)22(31)32)12-19(13)34-11-3-10-33-18-7-6-16(14(2)28)20(29)17(18)8-9-23(24,25)26/h4-7,12,29H,3,8-11H2,1-2H3,(H,27,30)(H,31,32). The fourth-order valence-corrected chi connectivity index (χ4v) is 2.99. The zero-order chi connectivity index (χ0) is 25.5. The average molecular weight is 483 g/mol. The highest BCUT2D eigenvalue weighted by Crippen LogP contribution is 2.35. The lowest BCUT2D eigenvalue weighted by atomic mass is 10.0. The van der Waals surface area contributed by atoms with E-state index in [9.17, 15) is 32.7 Å². The van der Waals surface area contributed by atoms with E-state index in [0.29, 0.717) is 12.2 Å². The molecule has 3 N–H and O–H groups in total. The van der Waals surface area contributed by atoms with E-state index in [-0.39, 0.29) is 35.8 Å². The van der Waals surface area contributed by atoms with E-state index in [0.717, 1.165) is 5.56 Å². The van der Waals surface area contributed by atoms with Crippen LogP contribution in [-0.2, 0) is 16.0 Å². The molecule has 0 fully saturated rings. The van der Waals surface area contributed by atoms with Gasteiger partial charge in [-0.15, -0.1) is 0 Å². The van der Waals surface area contributed by atoms with Gasteiger partial charge in [-0.1, -0.05) is 6.07 Å². The molecule has 11 heteroatoms. The molecule has 0 spiro atoms. The van der Waals surface area contributed by atoms with E-state index in [1.165, 1.54) is 31.2 Å². The molecule has 2 aromatic rings. The predicted octanol–water partition coefficient (Wildman–Crippen LogP) is 4.27. The Balaban J connectivity index is 1.99. The van der Waals surface area contributed by atoms with E-state index in [1.54, 1.807) is 13.0 Å². The van der Waals surface area contributed by atoms with Crippen molar-refractivity contribution in [2.24, 2.45) is 0 Å². The first-order chi connectivity index (χ1) is 15.9. The maximum absolute atomic E-state index is 12.7. The van der Waals surface area contributed by atoms with Crippen molar-refractivity contribution < 1.29 is 47.2 Å². The van der Waals surface area contributed by atoms with Crippen molar-refractivity contribution in [1.29, 1.82) is 0 Å². The van der Waals surface area contributed by atoms with Crippen molar-refractivity contribution in [3.63, 3.8) is 0 Å². The summed E-state index contributed by atoms with van der Waals surface area (Å²) in [7, 11) is 0. The molecule has 0 aliphatic carbocycles. The van der Waals surface area contributed by atoms with Crippen molar-refractivity contribution >= 4 is 23.3 Å². The van der Waals surface area contributed by atoms with Crippen LogP contribution in [0, 0.1) is 6.92 Å². The average Bonchev–Trinajstić information content (AvgIpc) is 2.73. The molecule has 34 heavy (non-hydrogen) atoms. The van der Waals surface area contributed by atoms with Gasteiger partial charge in [0.05, 0.1) is 18.8 Å². The number of hydrogen-bond donors (Lipinski definition) is 3. The minimum absolute atomic E-state index is 0.0429. The number of carboxylic acid groups (broad SMARTS) is 1. The van der Waals surface area contributed by atoms with Crippen LogP contribution in [0.4, 0.5) is 18.9 Å². The van der Waals surface area contributed by atoms with Crippen LogP contribution >= 0.6 is 0 Å². The molecule has 0 aromatic heterocycles. The first kappa shape index (κ1) is 26.5. The predicted molar refractivity (Wildman–Crippen MR) is 116 cm³/mol. The van der Waals surface area contributed by atoms with Gasteiger partial charge in [0.2, 0.25) is 0 Å². The Morgan fingerprint density at radius 1 is 1.03 bits per heavy atom. The fourth-order valence-electron chi connectivity index (χ4n) is 2.99. The van der Waals surface area contributed by atoms with Gasteiger partial charge in [0.1, 0.15) is 17.2 Å². The van der Waals surface area contributed by atoms with Crippen molar-refractivity contribution in [3.8, 4) is 17.2 Å². The molecule has 0 bridgehead atoms. The molecule has 0 aliphatic heterocycles. The minimum Gasteiger partial charge on any atom is -0.507 e. The lowest BCUT2D eigenvalue weighted by Crippen LogP contribution is -2.21. The van der Waals surface area contributed by atoms with Gasteiger partial charge in [0, 0.05) is 30.2 Å². The van der Waals surface area contributed by atoms with Crippen molar-refractivity contribution in [1.82, 2.24) is 0 Å². The fraction of sp³-hybridized carbons (Fsp3) is 0.348. The van der Waals surface area contributed by atoms with Gasteiger partial charge in [0.15, 0.2) is 5.78 Å². The smallest absolute Gasteiger partial charge is 0.394 e. The summed E-state index contributed by atoms with van der Waals surface area (Å²) >= 11 is 0. The van der Waals surface area contributed by atoms with Gasteiger partial charge in [-0.05, 0) is 44.0 Å². The molecule has 8 nitrogen and oxygen atoms in total. The molecule has 2 aromatic carbocycles. The Kier molecular flexibility index (Phi) is 8.88. The number of nitrogens with one attached hydrogen (secondary N) is 1. The van der Waals surface area contributed by atoms with E-state index >= 15 is 0 Å². The van der Waals surface area contributed by atoms with Crippen molar-refractivity contribution in [2.75, 3.05) is 18.5 Å². The van der Waals surface area contributed by atoms with Crippen molar-refractivity contribution in [2.45, 2.75) is 39.3 Å². The second-order valence-corrected chi connectivity index (χ2v) is 7.40. The second kappa shape index (κ2) is 11.4. The second-order valence-electron chi connectivity index (χ2n) is 7.40. The Hall–Kier alpha value is -3.76. The number of hydrogen-bond acceptors (Lipinski definition) is 6. The first-order valence-electron chi connectivity index (χ1n) is 10.2. The number of rotatable bonds is 10. The molecule has 0 saturated heterocycles. The van der Waals surface area contributed by atoms with Crippen LogP contribution in [-0.4, -0.2) is 47.3 Å². The summed E-state index contributed by atoms with van der Waals surface area (Å²) in [5.74, 6) is -3.39. The molecule has 0 unspecified atom stereocenters. The summed E-state index contributed by atoms with van der Waals surface area (Å²) in [6.45, 7) is 3.14. The molecule has 2 rings (SSSR count). The zero-order valence-electron chi connectivity index (χ0n) is 18.5.